The molecule has 1 amide bonds. The molecular formula is C21H28ClFN4O2. The van der Waals surface area contributed by atoms with Gasteiger partial charge in [-0.3, -0.25) is 9.48 Å². The number of carbonyl (C=O) groups is 1. The quantitative estimate of drug-likeness (QED) is 0.776. The lowest BCUT2D eigenvalue weighted by Gasteiger charge is -2.25. The Morgan fingerprint density at radius 3 is 2.93 bits per heavy atom. The number of ether oxygens (including phenoxy) is 1. The summed E-state index contributed by atoms with van der Waals surface area (Å²) in [5, 5.41) is 7.93. The molecule has 2 aliphatic heterocycles. The van der Waals surface area contributed by atoms with Gasteiger partial charge in [0.2, 0.25) is 0 Å². The summed E-state index contributed by atoms with van der Waals surface area (Å²) in [4.78, 5) is 14.9. The van der Waals surface area contributed by atoms with E-state index in [0.717, 1.165) is 50.9 Å². The molecule has 1 aromatic carbocycles. The molecule has 0 bridgehead atoms. The highest BCUT2D eigenvalue weighted by Crippen LogP contribution is 2.19. The number of amides is 1. The normalized spacial score (nSPS) is 21.6. The van der Waals surface area contributed by atoms with Crippen LogP contribution in [-0.4, -0.2) is 52.9 Å². The van der Waals surface area contributed by atoms with E-state index in [1.54, 1.807) is 17.0 Å². The molecule has 1 N–H and O–H groups in total. The van der Waals surface area contributed by atoms with Gasteiger partial charge in [-0.05, 0) is 56.0 Å². The van der Waals surface area contributed by atoms with Gasteiger partial charge in [-0.15, -0.1) is 12.4 Å². The Balaban J connectivity index is 0.00000240. The van der Waals surface area contributed by atoms with Crippen molar-refractivity contribution < 1.29 is 13.9 Å². The van der Waals surface area contributed by atoms with Crippen LogP contribution in [0, 0.1) is 5.82 Å². The van der Waals surface area contributed by atoms with Crippen LogP contribution in [0.15, 0.2) is 36.5 Å². The monoisotopic (exact) mass is 422 g/mol. The molecule has 2 aromatic rings. The van der Waals surface area contributed by atoms with Crippen molar-refractivity contribution in [2.24, 2.45) is 0 Å². The van der Waals surface area contributed by atoms with E-state index in [-0.39, 0.29) is 36.3 Å². The third-order valence-corrected chi connectivity index (χ3v) is 5.47. The standard InChI is InChI=1S/C21H27FN4O2.ClH/c22-17-5-1-4-16(12-17)14-25(15-19-7-3-11-28-19)21(27)20-8-10-26(24-20)18-6-2-9-23-13-18;/h1,4-5,8,10,12,18-19,23H,2-3,6-7,9,11,13-15H2;1H. The van der Waals surface area contributed by atoms with Crippen LogP contribution in [0.3, 0.4) is 0 Å². The number of hydrogen-bond donors (Lipinski definition) is 1. The van der Waals surface area contributed by atoms with Crippen molar-refractivity contribution >= 4 is 18.3 Å². The number of piperidine rings is 1. The fraction of sp³-hybridized carbons (Fsp3) is 0.524. The highest BCUT2D eigenvalue weighted by molar-refractivity contribution is 5.92. The number of aromatic nitrogens is 2. The van der Waals surface area contributed by atoms with E-state index < -0.39 is 0 Å². The van der Waals surface area contributed by atoms with Gasteiger partial charge in [0.05, 0.1) is 12.1 Å². The predicted molar refractivity (Wildman–Crippen MR) is 111 cm³/mol. The van der Waals surface area contributed by atoms with Gasteiger partial charge in [0.1, 0.15) is 11.5 Å². The lowest BCUT2D eigenvalue weighted by molar-refractivity contribution is 0.0501. The number of nitrogens with zero attached hydrogens (tertiary/aromatic N) is 3. The minimum atomic E-state index is -0.295. The number of halogens is 2. The van der Waals surface area contributed by atoms with Crippen LogP contribution in [0.25, 0.3) is 0 Å². The summed E-state index contributed by atoms with van der Waals surface area (Å²) in [5.74, 6) is -0.432. The Morgan fingerprint density at radius 1 is 1.31 bits per heavy atom. The van der Waals surface area contributed by atoms with E-state index in [9.17, 15) is 9.18 Å². The van der Waals surface area contributed by atoms with E-state index in [2.05, 4.69) is 10.4 Å². The Labute approximate surface area is 176 Å². The topological polar surface area (TPSA) is 59.4 Å². The molecule has 29 heavy (non-hydrogen) atoms. The van der Waals surface area contributed by atoms with Gasteiger partial charge in [-0.25, -0.2) is 4.39 Å². The molecule has 0 spiro atoms. The van der Waals surface area contributed by atoms with Crippen LogP contribution < -0.4 is 5.32 Å². The third-order valence-electron chi connectivity index (χ3n) is 5.47. The van der Waals surface area contributed by atoms with E-state index in [1.807, 2.05) is 16.9 Å². The molecule has 0 saturated carbocycles. The minimum absolute atomic E-state index is 0. The van der Waals surface area contributed by atoms with Crippen LogP contribution in [0.5, 0.6) is 0 Å². The molecule has 0 radical (unpaired) electrons. The summed E-state index contributed by atoms with van der Waals surface area (Å²) in [6, 6.07) is 8.46. The zero-order valence-corrected chi connectivity index (χ0v) is 17.2. The summed E-state index contributed by atoms with van der Waals surface area (Å²) in [6.45, 7) is 3.47. The van der Waals surface area contributed by atoms with Gasteiger partial charge < -0.3 is 15.0 Å². The Morgan fingerprint density at radius 2 is 2.21 bits per heavy atom. The third kappa shape index (κ3) is 5.56. The van der Waals surface area contributed by atoms with Crippen molar-refractivity contribution in [2.75, 3.05) is 26.2 Å². The van der Waals surface area contributed by atoms with E-state index in [4.69, 9.17) is 4.74 Å². The van der Waals surface area contributed by atoms with Crippen molar-refractivity contribution in [2.45, 2.75) is 44.4 Å². The molecule has 2 atom stereocenters. The van der Waals surface area contributed by atoms with Crippen LogP contribution in [0.4, 0.5) is 4.39 Å². The SMILES string of the molecule is Cl.O=C(c1ccn(C2CCCNC2)n1)N(Cc1cccc(F)c1)CC1CCCO1. The van der Waals surface area contributed by atoms with Crippen LogP contribution in [-0.2, 0) is 11.3 Å². The molecule has 6 nitrogen and oxygen atoms in total. The van der Waals surface area contributed by atoms with Gasteiger partial charge in [0.25, 0.3) is 5.91 Å². The smallest absolute Gasteiger partial charge is 0.274 e. The zero-order valence-electron chi connectivity index (χ0n) is 16.4. The molecule has 2 saturated heterocycles. The van der Waals surface area contributed by atoms with Crippen molar-refractivity contribution in [3.8, 4) is 0 Å². The highest BCUT2D eigenvalue weighted by Gasteiger charge is 2.26. The van der Waals surface area contributed by atoms with Gasteiger partial charge in [-0.1, -0.05) is 12.1 Å². The maximum Gasteiger partial charge on any atom is 0.274 e. The Kier molecular flexibility index (Phi) is 7.64. The second kappa shape index (κ2) is 10.2. The Hall–Kier alpha value is -1.96. The summed E-state index contributed by atoms with van der Waals surface area (Å²) < 4.78 is 21.2. The second-order valence-electron chi connectivity index (χ2n) is 7.63. The predicted octanol–water partition coefficient (Wildman–Crippen LogP) is 3.19. The number of nitrogens with one attached hydrogen (secondary N) is 1. The maximum absolute atomic E-state index is 13.6. The number of benzene rings is 1. The van der Waals surface area contributed by atoms with Crippen molar-refractivity contribution in [1.29, 1.82) is 0 Å². The fourth-order valence-corrected chi connectivity index (χ4v) is 3.99. The van der Waals surface area contributed by atoms with E-state index in [1.165, 1.54) is 12.1 Å². The first-order chi connectivity index (χ1) is 13.7. The fourth-order valence-electron chi connectivity index (χ4n) is 3.99. The van der Waals surface area contributed by atoms with Crippen LogP contribution in [0.2, 0.25) is 0 Å². The van der Waals surface area contributed by atoms with Gasteiger partial charge in [0, 0.05) is 32.4 Å². The van der Waals surface area contributed by atoms with Gasteiger partial charge >= 0.3 is 0 Å². The lowest BCUT2D eigenvalue weighted by atomic mass is 10.1. The van der Waals surface area contributed by atoms with Crippen LogP contribution >= 0.6 is 12.4 Å². The Bertz CT molecular complexity index is 803. The lowest BCUT2D eigenvalue weighted by Crippen LogP contribution is -2.37. The maximum atomic E-state index is 13.6. The first kappa shape index (κ1) is 21.7. The first-order valence-electron chi connectivity index (χ1n) is 10.1. The number of carbonyl (C=O) groups excluding carboxylic acids is 1. The highest BCUT2D eigenvalue weighted by atomic mass is 35.5. The van der Waals surface area contributed by atoms with Crippen molar-refractivity contribution in [3.05, 3.63) is 53.6 Å². The summed E-state index contributed by atoms with van der Waals surface area (Å²) in [6.07, 6.45) is 6.04. The molecule has 2 fully saturated rings. The second-order valence-corrected chi connectivity index (χ2v) is 7.63. The van der Waals surface area contributed by atoms with Crippen LogP contribution in [0.1, 0.15) is 47.8 Å². The summed E-state index contributed by atoms with van der Waals surface area (Å²) in [5.41, 5.74) is 1.20. The molecule has 2 aliphatic rings. The van der Waals surface area contributed by atoms with Gasteiger partial charge in [0.15, 0.2) is 0 Å². The molecule has 8 heteroatoms. The first-order valence-corrected chi connectivity index (χ1v) is 10.1. The molecule has 4 rings (SSSR count). The average Bonchev–Trinajstić information content (AvgIpc) is 3.40. The average molecular weight is 423 g/mol. The van der Waals surface area contributed by atoms with Gasteiger partial charge in [-0.2, -0.15) is 5.10 Å². The number of rotatable bonds is 6. The molecule has 2 unspecified atom stereocenters. The molecule has 3 heterocycles. The molecule has 1 aromatic heterocycles. The summed E-state index contributed by atoms with van der Waals surface area (Å²) in [7, 11) is 0. The van der Waals surface area contributed by atoms with E-state index >= 15 is 0 Å². The van der Waals surface area contributed by atoms with Crippen molar-refractivity contribution in [1.82, 2.24) is 20.0 Å². The summed E-state index contributed by atoms with van der Waals surface area (Å²) >= 11 is 0. The van der Waals surface area contributed by atoms with Crippen molar-refractivity contribution in [3.63, 3.8) is 0 Å². The molecular weight excluding hydrogens is 395 g/mol. The largest absolute Gasteiger partial charge is 0.376 e. The van der Waals surface area contributed by atoms with E-state index in [0.29, 0.717) is 18.8 Å². The molecule has 0 aliphatic carbocycles. The zero-order chi connectivity index (χ0) is 19.3. The minimum Gasteiger partial charge on any atom is -0.376 e. The molecule has 158 valence electrons. The number of hydrogen-bond acceptors (Lipinski definition) is 4.